The summed E-state index contributed by atoms with van der Waals surface area (Å²) in [6, 6.07) is 4.49. The molecule has 0 unspecified atom stereocenters. The molecule has 2 nitrogen and oxygen atoms in total. The molecule has 70 valence electrons. The van der Waals surface area contributed by atoms with Crippen molar-refractivity contribution in [3.8, 4) is 0 Å². The Labute approximate surface area is 80.7 Å². The van der Waals surface area contributed by atoms with Crippen LogP contribution in [0.1, 0.15) is 5.56 Å². The van der Waals surface area contributed by atoms with Crippen molar-refractivity contribution in [1.82, 2.24) is 0 Å². The maximum Gasteiger partial charge on any atom is 0.239 e. The van der Waals surface area contributed by atoms with E-state index < -0.39 is 11.7 Å². The van der Waals surface area contributed by atoms with Crippen molar-refractivity contribution in [1.29, 1.82) is 0 Å². The normalized spacial score (nSPS) is 9.77. The van der Waals surface area contributed by atoms with Gasteiger partial charge in [0.2, 0.25) is 5.91 Å². The van der Waals surface area contributed by atoms with Gasteiger partial charge in [0.05, 0.1) is 5.69 Å². The van der Waals surface area contributed by atoms with E-state index in [2.05, 4.69) is 5.32 Å². The first-order chi connectivity index (χ1) is 6.13. The van der Waals surface area contributed by atoms with Crippen LogP contribution in [0.5, 0.6) is 0 Å². The fourth-order valence-electron chi connectivity index (χ4n) is 0.919. The molecule has 4 heteroatoms. The molecule has 0 heterocycles. The van der Waals surface area contributed by atoms with Crippen LogP contribution in [0.25, 0.3) is 0 Å². The number of hydrogen-bond acceptors (Lipinski definition) is 1. The summed E-state index contributed by atoms with van der Waals surface area (Å²) in [6.07, 6.45) is 0. The number of carbonyl (C=O) groups excluding carboxylic acids is 1. The summed E-state index contributed by atoms with van der Waals surface area (Å²) in [5.41, 5.74) is 1.05. The topological polar surface area (TPSA) is 29.1 Å². The summed E-state index contributed by atoms with van der Waals surface area (Å²) in [5.74, 6) is -1.04. The maximum absolute atomic E-state index is 13.0. The van der Waals surface area contributed by atoms with Crippen molar-refractivity contribution in [2.75, 3.05) is 11.2 Å². The lowest BCUT2D eigenvalue weighted by atomic mass is 10.2. The minimum absolute atomic E-state index is 0.172. The van der Waals surface area contributed by atoms with E-state index in [1.165, 1.54) is 6.07 Å². The van der Waals surface area contributed by atoms with Gasteiger partial charge in [-0.2, -0.15) is 0 Å². The van der Waals surface area contributed by atoms with Gasteiger partial charge in [0.25, 0.3) is 0 Å². The molecular formula is C9H9ClFNO. The zero-order chi connectivity index (χ0) is 9.84. The minimum atomic E-state index is -0.455. The van der Waals surface area contributed by atoms with Crippen molar-refractivity contribution in [3.05, 3.63) is 29.6 Å². The summed E-state index contributed by atoms with van der Waals surface area (Å²) in [7, 11) is 0. The summed E-state index contributed by atoms with van der Waals surface area (Å²) >= 11 is 5.26. The molecule has 0 saturated carbocycles. The predicted octanol–water partition coefficient (Wildman–Crippen LogP) is 2.31. The zero-order valence-corrected chi connectivity index (χ0v) is 7.86. The van der Waals surface area contributed by atoms with E-state index in [1.54, 1.807) is 12.1 Å². The van der Waals surface area contributed by atoms with E-state index in [4.69, 9.17) is 11.6 Å². The highest BCUT2D eigenvalue weighted by molar-refractivity contribution is 6.29. The maximum atomic E-state index is 13.0. The Morgan fingerprint density at radius 3 is 2.92 bits per heavy atom. The van der Waals surface area contributed by atoms with Crippen molar-refractivity contribution >= 4 is 23.2 Å². The zero-order valence-electron chi connectivity index (χ0n) is 7.10. The fraction of sp³-hybridized carbons (Fsp3) is 0.222. The monoisotopic (exact) mass is 201 g/mol. The predicted molar refractivity (Wildman–Crippen MR) is 50.5 cm³/mol. The quantitative estimate of drug-likeness (QED) is 0.731. The van der Waals surface area contributed by atoms with E-state index >= 15 is 0 Å². The molecule has 0 atom stereocenters. The van der Waals surface area contributed by atoms with Crippen LogP contribution in [0.2, 0.25) is 0 Å². The van der Waals surface area contributed by atoms with E-state index in [0.717, 1.165) is 5.56 Å². The SMILES string of the molecule is Cc1ccc(F)c(NC(=O)CCl)c1. The fourth-order valence-corrected chi connectivity index (χ4v) is 0.985. The highest BCUT2D eigenvalue weighted by Crippen LogP contribution is 2.15. The summed E-state index contributed by atoms with van der Waals surface area (Å²) in [6.45, 7) is 1.82. The number of benzene rings is 1. The molecule has 1 rings (SSSR count). The van der Waals surface area contributed by atoms with E-state index in [0.29, 0.717) is 0 Å². The van der Waals surface area contributed by atoms with Crippen LogP contribution in [-0.4, -0.2) is 11.8 Å². The molecule has 0 spiro atoms. The Balaban J connectivity index is 2.87. The van der Waals surface area contributed by atoms with Crippen LogP contribution in [0.15, 0.2) is 18.2 Å². The molecule has 13 heavy (non-hydrogen) atoms. The molecule has 0 aliphatic carbocycles. The average molecular weight is 202 g/mol. The minimum Gasteiger partial charge on any atom is -0.323 e. The van der Waals surface area contributed by atoms with Gasteiger partial charge in [-0.3, -0.25) is 4.79 Å². The second-order valence-corrected chi connectivity index (χ2v) is 2.93. The van der Waals surface area contributed by atoms with Gasteiger partial charge >= 0.3 is 0 Å². The average Bonchev–Trinajstić information content (AvgIpc) is 2.11. The standard InChI is InChI=1S/C9H9ClFNO/c1-6-2-3-7(11)8(4-6)12-9(13)5-10/h2-4H,5H2,1H3,(H,12,13). The highest BCUT2D eigenvalue weighted by atomic mass is 35.5. The van der Waals surface area contributed by atoms with Crippen molar-refractivity contribution in [3.63, 3.8) is 0 Å². The Hall–Kier alpha value is -1.09. The third-order valence-corrected chi connectivity index (χ3v) is 1.76. The second-order valence-electron chi connectivity index (χ2n) is 2.67. The number of alkyl halides is 1. The first-order valence-corrected chi connectivity index (χ1v) is 4.29. The van der Waals surface area contributed by atoms with Gasteiger partial charge in [0, 0.05) is 0 Å². The molecule has 0 aliphatic heterocycles. The second kappa shape index (κ2) is 4.23. The number of nitrogens with one attached hydrogen (secondary N) is 1. The number of anilines is 1. The molecule has 0 saturated heterocycles. The van der Waals surface area contributed by atoms with Crippen LogP contribution in [0.4, 0.5) is 10.1 Å². The third-order valence-electron chi connectivity index (χ3n) is 1.52. The number of rotatable bonds is 2. The molecule has 0 aromatic heterocycles. The summed E-state index contributed by atoms with van der Waals surface area (Å²) in [5, 5.41) is 2.35. The molecule has 1 aromatic rings. The molecular weight excluding hydrogens is 193 g/mol. The molecule has 1 amide bonds. The molecule has 0 bridgehead atoms. The van der Waals surface area contributed by atoms with Gasteiger partial charge in [-0.25, -0.2) is 4.39 Å². The van der Waals surface area contributed by atoms with Crippen LogP contribution < -0.4 is 5.32 Å². The van der Waals surface area contributed by atoms with Gasteiger partial charge in [0.15, 0.2) is 0 Å². The number of aryl methyl sites for hydroxylation is 1. The highest BCUT2D eigenvalue weighted by Gasteiger charge is 2.05. The van der Waals surface area contributed by atoms with Crippen LogP contribution in [0, 0.1) is 12.7 Å². The molecule has 1 N–H and O–H groups in total. The van der Waals surface area contributed by atoms with Crippen molar-refractivity contribution < 1.29 is 9.18 Å². The molecule has 0 aliphatic rings. The molecule has 0 radical (unpaired) electrons. The van der Waals surface area contributed by atoms with Crippen molar-refractivity contribution in [2.24, 2.45) is 0 Å². The lowest BCUT2D eigenvalue weighted by Crippen LogP contribution is -2.13. The van der Waals surface area contributed by atoms with E-state index in [-0.39, 0.29) is 11.6 Å². The van der Waals surface area contributed by atoms with E-state index in [1.807, 2.05) is 6.92 Å². The molecule has 0 fully saturated rings. The van der Waals surface area contributed by atoms with Crippen LogP contribution >= 0.6 is 11.6 Å². The number of hydrogen-bond donors (Lipinski definition) is 1. The van der Waals surface area contributed by atoms with Gasteiger partial charge in [-0.15, -0.1) is 11.6 Å². The first kappa shape index (κ1) is 9.99. The van der Waals surface area contributed by atoms with E-state index in [9.17, 15) is 9.18 Å². The van der Waals surface area contributed by atoms with Gasteiger partial charge in [-0.1, -0.05) is 6.07 Å². The lowest BCUT2D eigenvalue weighted by molar-refractivity contribution is -0.113. The number of carbonyl (C=O) groups is 1. The summed E-state index contributed by atoms with van der Waals surface area (Å²) in [4.78, 5) is 10.8. The lowest BCUT2D eigenvalue weighted by Gasteiger charge is -2.04. The summed E-state index contributed by atoms with van der Waals surface area (Å²) < 4.78 is 13.0. The van der Waals surface area contributed by atoms with Gasteiger partial charge < -0.3 is 5.32 Å². The first-order valence-electron chi connectivity index (χ1n) is 3.75. The Morgan fingerprint density at radius 1 is 1.62 bits per heavy atom. The Bertz CT molecular complexity index is 327. The third kappa shape index (κ3) is 2.70. The Kier molecular flexibility index (Phi) is 3.25. The number of halogens is 2. The van der Waals surface area contributed by atoms with Crippen LogP contribution in [-0.2, 0) is 4.79 Å². The smallest absolute Gasteiger partial charge is 0.239 e. The van der Waals surface area contributed by atoms with Gasteiger partial charge in [-0.05, 0) is 24.6 Å². The number of amides is 1. The largest absolute Gasteiger partial charge is 0.323 e. The molecule has 1 aromatic carbocycles. The van der Waals surface area contributed by atoms with Gasteiger partial charge in [0.1, 0.15) is 11.7 Å². The van der Waals surface area contributed by atoms with Crippen LogP contribution in [0.3, 0.4) is 0 Å². The van der Waals surface area contributed by atoms with Crippen molar-refractivity contribution in [2.45, 2.75) is 6.92 Å². The Morgan fingerprint density at radius 2 is 2.31 bits per heavy atom.